The van der Waals surface area contributed by atoms with Crippen LogP contribution in [-0.4, -0.2) is 12.2 Å². The van der Waals surface area contributed by atoms with Gasteiger partial charge in [0.05, 0.1) is 12.2 Å². The van der Waals surface area contributed by atoms with Crippen molar-refractivity contribution in [2.45, 2.75) is 31.5 Å². The molecule has 26 heavy (non-hydrogen) atoms. The zero-order valence-electron chi connectivity index (χ0n) is 13.2. The van der Waals surface area contributed by atoms with E-state index in [1.54, 1.807) is 0 Å². The summed E-state index contributed by atoms with van der Waals surface area (Å²) in [5.41, 5.74) is 1.18. The summed E-state index contributed by atoms with van der Waals surface area (Å²) < 4.78 is 50.7. The second-order valence-corrected chi connectivity index (χ2v) is 3.29. The molecule has 2 heterocycles. The third kappa shape index (κ3) is 30.5. The van der Waals surface area contributed by atoms with Gasteiger partial charge in [0.15, 0.2) is 0 Å². The minimum atomic E-state index is 0. The van der Waals surface area contributed by atoms with E-state index in [0.29, 0.717) is 0 Å². The van der Waals surface area contributed by atoms with Crippen molar-refractivity contribution >= 4 is 0 Å². The van der Waals surface area contributed by atoms with Gasteiger partial charge in [0.25, 0.3) is 0 Å². The molecule has 4 radical (unpaired) electrons. The standard InChI is InChI=1S/C11H12O.6CO.2Co/c1-9-4-2-3-5-10-6-7-11(8-9)12-10;6*1-2;;/h6-7,10-11H,1,4-5,8H2;;;;;;;;/t10-,11-;;;;;;;;/m0......../s1. The van der Waals surface area contributed by atoms with Gasteiger partial charge in [-0.2, -0.15) is 0 Å². The Labute approximate surface area is 174 Å². The van der Waals surface area contributed by atoms with Crippen LogP contribution in [0.15, 0.2) is 24.3 Å². The van der Waals surface area contributed by atoms with Crippen LogP contribution in [0, 0.1) is 52.1 Å². The van der Waals surface area contributed by atoms with E-state index in [1.807, 2.05) is 0 Å². The van der Waals surface area contributed by atoms with E-state index in [2.05, 4.69) is 70.8 Å². The van der Waals surface area contributed by atoms with Crippen LogP contribution in [0.3, 0.4) is 0 Å². The van der Waals surface area contributed by atoms with Gasteiger partial charge in [-0.25, -0.2) is 0 Å². The van der Waals surface area contributed by atoms with E-state index < -0.39 is 0 Å². The summed E-state index contributed by atoms with van der Waals surface area (Å²) in [4.78, 5) is 0. The first kappa shape index (κ1) is 44.2. The summed E-state index contributed by atoms with van der Waals surface area (Å²) in [6.07, 6.45) is 13.5. The molecule has 2 bridgehead atoms. The first-order valence-corrected chi connectivity index (χ1v) is 5.53. The first-order chi connectivity index (χ1) is 11.8. The molecule has 2 aliphatic heterocycles. The number of hydrogen-bond acceptors (Lipinski definition) is 1. The van der Waals surface area contributed by atoms with Gasteiger partial charge < -0.3 is 4.74 Å². The first-order valence-electron chi connectivity index (χ1n) is 5.53. The molecule has 7 nitrogen and oxygen atoms in total. The third-order valence-electron chi connectivity index (χ3n) is 2.15. The second-order valence-electron chi connectivity index (χ2n) is 3.29. The molecule has 0 N–H and O–H groups in total. The number of rotatable bonds is 0. The van der Waals surface area contributed by atoms with Crippen LogP contribution >= 0.6 is 0 Å². The Kier molecular flexibility index (Phi) is 84.3. The summed E-state index contributed by atoms with van der Waals surface area (Å²) in [7, 11) is 0. The van der Waals surface area contributed by atoms with Gasteiger partial charge in [-0.3, -0.25) is 0 Å². The van der Waals surface area contributed by atoms with Crippen molar-refractivity contribution in [1.29, 1.82) is 0 Å². The molecular formula is C17H12Co2O7. The third-order valence-corrected chi connectivity index (χ3v) is 2.15. The molecule has 0 spiro atoms. The van der Waals surface area contributed by atoms with E-state index in [1.165, 1.54) is 5.57 Å². The van der Waals surface area contributed by atoms with Crippen molar-refractivity contribution in [3.05, 3.63) is 76.4 Å². The van der Waals surface area contributed by atoms with E-state index in [9.17, 15) is 0 Å². The molecular weight excluding hydrogens is 434 g/mol. The molecule has 0 saturated heterocycles. The molecule has 140 valence electrons. The second kappa shape index (κ2) is 49.5. The van der Waals surface area contributed by atoms with E-state index in [-0.39, 0.29) is 45.8 Å². The molecule has 0 aromatic heterocycles. The Morgan fingerprint density at radius 3 is 1.58 bits per heavy atom. The van der Waals surface area contributed by atoms with Crippen molar-refractivity contribution in [2.24, 2.45) is 0 Å². The van der Waals surface area contributed by atoms with E-state index >= 15 is 0 Å². The fraction of sp³-hybridized carbons (Fsp3) is 0.294. The summed E-state index contributed by atoms with van der Waals surface area (Å²) >= 11 is 0. The maximum Gasteiger partial charge on any atom is 0 e. The Hall–Kier alpha value is -1.37. The predicted octanol–water partition coefficient (Wildman–Crippen LogP) is 1.98. The number of fused-ring (bicyclic) bond motifs is 2. The van der Waals surface area contributed by atoms with Crippen LogP contribution in [0.1, 0.15) is 19.3 Å². The zero-order chi connectivity index (χ0) is 20.4. The monoisotopic (exact) mass is 446 g/mol. The van der Waals surface area contributed by atoms with Gasteiger partial charge in [-0.15, -0.1) is 0 Å². The van der Waals surface area contributed by atoms with Crippen LogP contribution in [0.2, 0.25) is 0 Å². The van der Waals surface area contributed by atoms with E-state index in [0.717, 1.165) is 19.3 Å². The largest absolute Gasteiger partial charge is 0 e. The fourth-order valence-corrected chi connectivity index (χ4v) is 1.51. The van der Waals surface area contributed by atoms with Crippen LogP contribution in [0.5, 0.6) is 0 Å². The van der Waals surface area contributed by atoms with Gasteiger partial charge >= 0.3 is 67.8 Å². The van der Waals surface area contributed by atoms with Crippen molar-refractivity contribution in [1.82, 2.24) is 0 Å². The molecule has 0 fully saturated rings. The molecule has 0 saturated carbocycles. The summed E-state index contributed by atoms with van der Waals surface area (Å²) in [6, 6.07) is 0. The van der Waals surface area contributed by atoms with Crippen LogP contribution in [0.4, 0.5) is 0 Å². The Balaban J connectivity index is -0.0000000448. The van der Waals surface area contributed by atoms with Gasteiger partial charge in [0.1, 0.15) is 0 Å². The molecule has 2 atom stereocenters. The van der Waals surface area contributed by atoms with Crippen LogP contribution < -0.4 is 0 Å². The maximum absolute atomic E-state index is 7.50. The Morgan fingerprint density at radius 1 is 0.769 bits per heavy atom. The van der Waals surface area contributed by atoms with Gasteiger partial charge in [-0.1, -0.05) is 24.3 Å². The summed E-state index contributed by atoms with van der Waals surface area (Å²) in [6.45, 7) is 31.0. The van der Waals surface area contributed by atoms with Crippen molar-refractivity contribution < 1.29 is 66.2 Å². The molecule has 0 aromatic carbocycles. The number of ether oxygens (including phenoxy) is 1. The zero-order valence-corrected chi connectivity index (χ0v) is 15.2. The smallest absolute Gasteiger partial charge is 0 e. The fourth-order valence-electron chi connectivity index (χ4n) is 1.51. The minimum absolute atomic E-state index is 0. The average Bonchev–Trinajstić information content (AvgIpc) is 3.18. The van der Waals surface area contributed by atoms with E-state index in [4.69, 9.17) is 32.6 Å². The van der Waals surface area contributed by atoms with Crippen molar-refractivity contribution in [2.75, 3.05) is 0 Å². The maximum atomic E-state index is 7.50. The molecule has 2 aliphatic rings. The Morgan fingerprint density at radius 2 is 1.15 bits per heavy atom. The summed E-state index contributed by atoms with van der Waals surface area (Å²) in [5, 5.41) is 0. The molecule has 0 amide bonds. The molecule has 2 rings (SSSR count). The van der Waals surface area contributed by atoms with Crippen LogP contribution in [-0.2, 0) is 66.2 Å². The number of hydrogen-bond donors (Lipinski definition) is 0. The summed E-state index contributed by atoms with van der Waals surface area (Å²) in [5.74, 6) is 0. The SMILES string of the molecule is C=C1C[C]=[C]C[C@H]2C=C[C@@H](C1)O2.[C-]#[O+].[C-]#[O+].[C-]#[O+].[C-]#[O+].[C-]#[O+].[C-]#[O+].[Co].[Co]. The quantitative estimate of drug-likeness (QED) is 0.315. The van der Waals surface area contributed by atoms with Crippen molar-refractivity contribution in [3.63, 3.8) is 0 Å². The molecule has 0 aliphatic carbocycles. The molecule has 0 aromatic rings. The van der Waals surface area contributed by atoms with Gasteiger partial charge in [0.2, 0.25) is 0 Å². The van der Waals surface area contributed by atoms with Gasteiger partial charge in [-0.05, 0) is 25.0 Å². The Bertz CT molecular complexity index is 424. The predicted molar refractivity (Wildman–Crippen MR) is 70.9 cm³/mol. The van der Waals surface area contributed by atoms with Crippen molar-refractivity contribution in [3.8, 4) is 0 Å². The topological polar surface area (TPSA) is 129 Å². The molecule has 9 heteroatoms. The average molecular weight is 446 g/mol. The normalized spacial score (nSPS) is 16.4. The number of allylic oxidation sites excluding steroid dienone is 1. The van der Waals surface area contributed by atoms with Crippen LogP contribution in [0.25, 0.3) is 0 Å². The van der Waals surface area contributed by atoms with Gasteiger partial charge in [0, 0.05) is 40.0 Å². The minimum Gasteiger partial charge on any atom is 0 e. The molecule has 0 unspecified atom stereocenters.